The molecule has 20 heavy (non-hydrogen) atoms. The van der Waals surface area contributed by atoms with Gasteiger partial charge in [0.05, 0.1) is 5.56 Å². The van der Waals surface area contributed by atoms with Crippen LogP contribution in [0.4, 0.5) is 0 Å². The van der Waals surface area contributed by atoms with E-state index in [4.69, 9.17) is 27.2 Å². The van der Waals surface area contributed by atoms with Crippen molar-refractivity contribution in [2.24, 2.45) is 5.73 Å². The van der Waals surface area contributed by atoms with Crippen LogP contribution in [0, 0.1) is 0 Å². The zero-order chi connectivity index (χ0) is 14.5. The normalized spacial score (nSPS) is 10.3. The number of benzene rings is 2. The van der Waals surface area contributed by atoms with Gasteiger partial charge < -0.3 is 15.6 Å². The lowest BCUT2D eigenvalue weighted by Gasteiger charge is -2.10. The minimum Gasteiger partial charge on any atom is -0.456 e. The average molecular weight is 292 g/mol. The molecule has 0 aliphatic heterocycles. The van der Waals surface area contributed by atoms with Gasteiger partial charge in [0, 0.05) is 17.7 Å². The first-order valence-corrected chi connectivity index (χ1v) is 6.45. The number of hydrogen-bond donors (Lipinski definition) is 2. The molecule has 0 atom stereocenters. The van der Waals surface area contributed by atoms with Crippen molar-refractivity contribution in [1.29, 1.82) is 0 Å². The molecule has 1 amide bonds. The quantitative estimate of drug-likeness (QED) is 0.889. The van der Waals surface area contributed by atoms with Crippen molar-refractivity contribution in [1.82, 2.24) is 0 Å². The lowest BCUT2D eigenvalue weighted by molar-refractivity contribution is 0.0998. The fourth-order valence-corrected chi connectivity index (χ4v) is 1.93. The van der Waals surface area contributed by atoms with Gasteiger partial charge in [-0.25, -0.2) is 0 Å². The number of aliphatic hydroxyl groups excluding tert-OH is 1. The van der Waals surface area contributed by atoms with Gasteiger partial charge in [-0.3, -0.25) is 4.79 Å². The number of aliphatic hydroxyl groups is 1. The summed E-state index contributed by atoms with van der Waals surface area (Å²) in [5.74, 6) is 0.310. The van der Waals surface area contributed by atoms with Crippen molar-refractivity contribution in [2.45, 2.75) is 6.42 Å². The molecule has 3 N–H and O–H groups in total. The zero-order valence-corrected chi connectivity index (χ0v) is 11.4. The molecule has 0 aliphatic rings. The number of halogens is 1. The highest BCUT2D eigenvalue weighted by atomic mass is 35.5. The van der Waals surface area contributed by atoms with Gasteiger partial charge in [0.15, 0.2) is 0 Å². The Morgan fingerprint density at radius 1 is 1.20 bits per heavy atom. The summed E-state index contributed by atoms with van der Waals surface area (Å²) in [7, 11) is 0. The van der Waals surface area contributed by atoms with Crippen LogP contribution >= 0.6 is 11.6 Å². The summed E-state index contributed by atoms with van der Waals surface area (Å²) in [4.78, 5) is 11.3. The molecule has 2 aromatic carbocycles. The monoisotopic (exact) mass is 291 g/mol. The second kappa shape index (κ2) is 6.41. The fourth-order valence-electron chi connectivity index (χ4n) is 1.76. The van der Waals surface area contributed by atoms with Crippen LogP contribution < -0.4 is 10.5 Å². The molecular formula is C15H14ClNO3. The summed E-state index contributed by atoms with van der Waals surface area (Å²) < 4.78 is 5.64. The number of carbonyl (C=O) groups excluding carboxylic acids is 1. The van der Waals surface area contributed by atoms with Gasteiger partial charge >= 0.3 is 0 Å². The van der Waals surface area contributed by atoms with E-state index in [1.807, 2.05) is 12.1 Å². The Bertz CT molecular complexity index is 611. The van der Waals surface area contributed by atoms with Crippen molar-refractivity contribution < 1.29 is 14.6 Å². The van der Waals surface area contributed by atoms with E-state index in [0.717, 1.165) is 5.56 Å². The molecule has 5 heteroatoms. The van der Waals surface area contributed by atoms with Gasteiger partial charge in [0.2, 0.25) is 0 Å². The van der Waals surface area contributed by atoms with Crippen LogP contribution in [-0.4, -0.2) is 17.6 Å². The zero-order valence-electron chi connectivity index (χ0n) is 10.7. The van der Waals surface area contributed by atoms with Crippen molar-refractivity contribution in [3.8, 4) is 11.5 Å². The predicted molar refractivity (Wildman–Crippen MR) is 77.3 cm³/mol. The van der Waals surface area contributed by atoms with Crippen molar-refractivity contribution in [3.63, 3.8) is 0 Å². The van der Waals surface area contributed by atoms with Crippen LogP contribution in [0.1, 0.15) is 15.9 Å². The van der Waals surface area contributed by atoms with E-state index in [0.29, 0.717) is 22.9 Å². The highest BCUT2D eigenvalue weighted by molar-refractivity contribution is 6.30. The Balaban J connectivity index is 2.25. The first kappa shape index (κ1) is 14.4. The minimum absolute atomic E-state index is 0.0975. The molecule has 0 aliphatic carbocycles. The third-order valence-corrected chi connectivity index (χ3v) is 3.00. The molecule has 2 rings (SSSR count). The second-order valence-corrected chi connectivity index (χ2v) is 4.66. The molecule has 0 saturated heterocycles. The van der Waals surface area contributed by atoms with Gasteiger partial charge in [-0.05, 0) is 36.2 Å². The Labute approximate surface area is 121 Å². The summed E-state index contributed by atoms with van der Waals surface area (Å²) in [6, 6.07) is 11.9. The molecule has 0 spiro atoms. The molecule has 0 radical (unpaired) electrons. The average Bonchev–Trinajstić information content (AvgIpc) is 2.41. The maximum Gasteiger partial charge on any atom is 0.252 e. The Hall–Kier alpha value is -2.04. The smallest absolute Gasteiger partial charge is 0.252 e. The first-order valence-electron chi connectivity index (χ1n) is 6.07. The van der Waals surface area contributed by atoms with E-state index in [2.05, 4.69) is 0 Å². The van der Waals surface area contributed by atoms with Crippen LogP contribution in [-0.2, 0) is 6.42 Å². The number of carbonyl (C=O) groups is 1. The van der Waals surface area contributed by atoms with Crippen molar-refractivity contribution in [2.75, 3.05) is 6.61 Å². The number of nitrogens with two attached hydrogens (primary N) is 1. The lowest BCUT2D eigenvalue weighted by Crippen LogP contribution is -2.12. The molecular weight excluding hydrogens is 278 g/mol. The number of ether oxygens (including phenoxy) is 1. The van der Waals surface area contributed by atoms with Crippen LogP contribution in [0.25, 0.3) is 0 Å². The van der Waals surface area contributed by atoms with Gasteiger partial charge in [-0.2, -0.15) is 0 Å². The SMILES string of the molecule is NC(=O)c1ccc(Cl)cc1Oc1ccc(CCO)cc1. The van der Waals surface area contributed by atoms with E-state index < -0.39 is 5.91 Å². The molecule has 0 saturated carbocycles. The summed E-state index contributed by atoms with van der Waals surface area (Å²) >= 11 is 5.89. The van der Waals surface area contributed by atoms with Crippen LogP contribution in [0.2, 0.25) is 5.02 Å². The van der Waals surface area contributed by atoms with E-state index in [-0.39, 0.29) is 12.2 Å². The number of rotatable bonds is 5. The van der Waals surface area contributed by atoms with Gasteiger partial charge in [-0.1, -0.05) is 23.7 Å². The Morgan fingerprint density at radius 2 is 1.90 bits per heavy atom. The third kappa shape index (κ3) is 3.50. The summed E-state index contributed by atoms with van der Waals surface area (Å²) in [5, 5.41) is 9.32. The molecule has 0 unspecified atom stereocenters. The molecule has 0 heterocycles. The fraction of sp³-hybridized carbons (Fsp3) is 0.133. The van der Waals surface area contributed by atoms with Crippen LogP contribution in [0.15, 0.2) is 42.5 Å². The maximum atomic E-state index is 11.3. The largest absolute Gasteiger partial charge is 0.456 e. The standard InChI is InChI=1S/C15H14ClNO3/c16-11-3-6-13(15(17)19)14(9-11)20-12-4-1-10(2-5-12)7-8-18/h1-6,9,18H,7-8H2,(H2,17,19). The molecule has 0 fully saturated rings. The maximum absolute atomic E-state index is 11.3. The van der Waals surface area contributed by atoms with Crippen LogP contribution in [0.5, 0.6) is 11.5 Å². The Kier molecular flexibility index (Phi) is 4.61. The van der Waals surface area contributed by atoms with Crippen molar-refractivity contribution in [3.05, 3.63) is 58.6 Å². The van der Waals surface area contributed by atoms with E-state index >= 15 is 0 Å². The topological polar surface area (TPSA) is 72.6 Å². The first-order chi connectivity index (χ1) is 9.60. The lowest BCUT2D eigenvalue weighted by atomic mass is 10.1. The van der Waals surface area contributed by atoms with E-state index in [9.17, 15) is 4.79 Å². The Morgan fingerprint density at radius 3 is 2.50 bits per heavy atom. The summed E-state index contributed by atoms with van der Waals surface area (Å²) in [5.41, 5.74) is 6.57. The predicted octanol–water partition coefficient (Wildman–Crippen LogP) is 2.77. The second-order valence-electron chi connectivity index (χ2n) is 4.22. The molecule has 4 nitrogen and oxygen atoms in total. The van der Waals surface area contributed by atoms with Crippen molar-refractivity contribution >= 4 is 17.5 Å². The summed E-state index contributed by atoms with van der Waals surface area (Å²) in [6.45, 7) is 0.0975. The van der Waals surface area contributed by atoms with Gasteiger partial charge in [-0.15, -0.1) is 0 Å². The minimum atomic E-state index is -0.575. The molecule has 2 aromatic rings. The number of hydrogen-bond acceptors (Lipinski definition) is 3. The van der Waals surface area contributed by atoms with E-state index in [1.54, 1.807) is 24.3 Å². The van der Waals surface area contributed by atoms with E-state index in [1.165, 1.54) is 6.07 Å². The van der Waals surface area contributed by atoms with Gasteiger partial charge in [0.1, 0.15) is 11.5 Å². The number of amides is 1. The van der Waals surface area contributed by atoms with Crippen LogP contribution in [0.3, 0.4) is 0 Å². The third-order valence-electron chi connectivity index (χ3n) is 2.76. The molecule has 104 valence electrons. The highest BCUT2D eigenvalue weighted by Crippen LogP contribution is 2.28. The number of primary amides is 1. The summed E-state index contributed by atoms with van der Waals surface area (Å²) in [6.07, 6.45) is 0.587. The highest BCUT2D eigenvalue weighted by Gasteiger charge is 2.11. The molecule has 0 aromatic heterocycles. The van der Waals surface area contributed by atoms with Gasteiger partial charge in [0.25, 0.3) is 5.91 Å². The molecule has 0 bridgehead atoms.